The van der Waals surface area contributed by atoms with E-state index in [0.29, 0.717) is 4.75 Å². The van der Waals surface area contributed by atoms with E-state index in [9.17, 15) is 0 Å². The molecule has 2 aliphatic rings. The Bertz CT molecular complexity index is 542. The monoisotopic (exact) mass is 282 g/mol. The highest BCUT2D eigenvalue weighted by molar-refractivity contribution is 8.40. The zero-order chi connectivity index (χ0) is 13.5. The van der Waals surface area contributed by atoms with E-state index >= 15 is 0 Å². The standard InChI is InChI=1S/C19H22S/c1-4-10-17(11-5-1)20(18-12-6-2-7-13-18)16-19(20)14-8-3-9-15-19/h1-2,4-7,10-13H,3,8-9,14-16H2. The molecule has 0 aromatic heterocycles. The van der Waals surface area contributed by atoms with Crippen molar-refractivity contribution in [3.8, 4) is 0 Å². The van der Waals surface area contributed by atoms with Gasteiger partial charge in [0.1, 0.15) is 0 Å². The van der Waals surface area contributed by atoms with Gasteiger partial charge in [0.25, 0.3) is 0 Å². The van der Waals surface area contributed by atoms with Gasteiger partial charge in [-0.05, 0) is 52.7 Å². The lowest BCUT2D eigenvalue weighted by Gasteiger charge is -2.33. The van der Waals surface area contributed by atoms with Crippen LogP contribution in [0, 0.1) is 0 Å². The van der Waals surface area contributed by atoms with Gasteiger partial charge in [0.2, 0.25) is 0 Å². The number of rotatable bonds is 2. The SMILES string of the molecule is c1ccc(S2(c3ccccc3)CC23CCCCC3)cc1. The quantitative estimate of drug-likeness (QED) is 0.627. The lowest BCUT2D eigenvalue weighted by molar-refractivity contribution is 0.454. The highest BCUT2D eigenvalue weighted by atomic mass is 32.3. The Hall–Kier alpha value is -1.21. The zero-order valence-electron chi connectivity index (χ0n) is 11.9. The van der Waals surface area contributed by atoms with Crippen LogP contribution >= 0.6 is 10.0 Å². The fourth-order valence-corrected chi connectivity index (χ4v) is 9.37. The largest absolute Gasteiger partial charge is 0.180 e. The Balaban J connectivity index is 1.84. The van der Waals surface area contributed by atoms with Crippen molar-refractivity contribution in [2.24, 2.45) is 0 Å². The van der Waals surface area contributed by atoms with Crippen molar-refractivity contribution < 1.29 is 0 Å². The van der Waals surface area contributed by atoms with Gasteiger partial charge in [-0.3, -0.25) is 0 Å². The number of hydrogen-bond acceptors (Lipinski definition) is 0. The van der Waals surface area contributed by atoms with Crippen LogP contribution in [0.3, 0.4) is 0 Å². The average molecular weight is 282 g/mol. The van der Waals surface area contributed by atoms with Crippen LogP contribution in [0.15, 0.2) is 70.5 Å². The minimum Gasteiger partial charge on any atom is -0.180 e. The summed E-state index contributed by atoms with van der Waals surface area (Å²) in [4.78, 5) is 3.24. The molecule has 1 spiro atoms. The van der Waals surface area contributed by atoms with Crippen molar-refractivity contribution in [1.82, 2.24) is 0 Å². The molecule has 2 aromatic rings. The van der Waals surface area contributed by atoms with E-state index < -0.39 is 10.0 Å². The smallest absolute Gasteiger partial charge is 0.0162 e. The first-order valence-electron chi connectivity index (χ1n) is 7.78. The van der Waals surface area contributed by atoms with E-state index in [1.165, 1.54) is 37.9 Å². The molecule has 0 amide bonds. The third kappa shape index (κ3) is 1.69. The highest BCUT2D eigenvalue weighted by Gasteiger charge is 2.64. The first-order valence-corrected chi connectivity index (χ1v) is 9.59. The van der Waals surface area contributed by atoms with Gasteiger partial charge in [-0.2, -0.15) is 10.0 Å². The summed E-state index contributed by atoms with van der Waals surface area (Å²) in [6.07, 6.45) is 7.22. The molecule has 4 rings (SSSR count). The van der Waals surface area contributed by atoms with Gasteiger partial charge in [-0.25, -0.2) is 0 Å². The van der Waals surface area contributed by atoms with Crippen LogP contribution in [0.25, 0.3) is 0 Å². The van der Waals surface area contributed by atoms with E-state index in [0.717, 1.165) is 0 Å². The first kappa shape index (κ1) is 12.5. The summed E-state index contributed by atoms with van der Waals surface area (Å²) in [7, 11) is -0.752. The maximum absolute atomic E-state index is 2.38. The minimum absolute atomic E-state index is 0.633. The molecule has 0 radical (unpaired) electrons. The molecule has 1 aliphatic heterocycles. The van der Waals surface area contributed by atoms with Gasteiger partial charge in [0.05, 0.1) is 0 Å². The predicted molar refractivity (Wildman–Crippen MR) is 87.7 cm³/mol. The number of benzene rings is 2. The van der Waals surface area contributed by atoms with Crippen LogP contribution < -0.4 is 0 Å². The average Bonchev–Trinajstić information content (AvgIpc) is 3.18. The van der Waals surface area contributed by atoms with Crippen LogP contribution in [-0.4, -0.2) is 10.5 Å². The molecule has 2 fully saturated rings. The van der Waals surface area contributed by atoms with Crippen molar-refractivity contribution in [2.45, 2.75) is 46.6 Å². The maximum atomic E-state index is 2.38. The molecule has 0 N–H and O–H groups in total. The summed E-state index contributed by atoms with van der Waals surface area (Å²) in [5.41, 5.74) is 0. The molecule has 0 nitrogen and oxygen atoms in total. The van der Waals surface area contributed by atoms with Gasteiger partial charge in [0.15, 0.2) is 0 Å². The molecule has 0 atom stereocenters. The Morgan fingerprint density at radius 1 is 0.650 bits per heavy atom. The van der Waals surface area contributed by atoms with Crippen LogP contribution in [0.5, 0.6) is 0 Å². The molecular formula is C19H22S. The van der Waals surface area contributed by atoms with Crippen LogP contribution in [-0.2, 0) is 0 Å². The summed E-state index contributed by atoms with van der Waals surface area (Å²) in [5.74, 6) is 1.44. The highest BCUT2D eigenvalue weighted by Crippen LogP contribution is 2.87. The Kier molecular flexibility index (Phi) is 2.92. The van der Waals surface area contributed by atoms with Crippen molar-refractivity contribution in [1.29, 1.82) is 0 Å². The van der Waals surface area contributed by atoms with Crippen molar-refractivity contribution in [2.75, 3.05) is 5.75 Å². The fraction of sp³-hybridized carbons (Fsp3) is 0.368. The van der Waals surface area contributed by atoms with Gasteiger partial charge in [0, 0.05) is 4.75 Å². The minimum atomic E-state index is -0.752. The van der Waals surface area contributed by atoms with E-state index in [4.69, 9.17) is 0 Å². The molecule has 1 saturated heterocycles. The molecular weight excluding hydrogens is 260 g/mol. The molecule has 1 aliphatic carbocycles. The van der Waals surface area contributed by atoms with E-state index in [2.05, 4.69) is 60.7 Å². The van der Waals surface area contributed by atoms with Gasteiger partial charge in [-0.15, -0.1) is 0 Å². The van der Waals surface area contributed by atoms with Crippen LogP contribution in [0.4, 0.5) is 0 Å². The van der Waals surface area contributed by atoms with Crippen molar-refractivity contribution >= 4 is 10.0 Å². The second-order valence-corrected chi connectivity index (χ2v) is 9.83. The first-order chi connectivity index (χ1) is 9.87. The third-order valence-corrected chi connectivity index (χ3v) is 10.0. The molecule has 20 heavy (non-hydrogen) atoms. The third-order valence-electron chi connectivity index (χ3n) is 5.19. The summed E-state index contributed by atoms with van der Waals surface area (Å²) in [6, 6.07) is 22.7. The second-order valence-electron chi connectivity index (χ2n) is 6.25. The van der Waals surface area contributed by atoms with Gasteiger partial charge < -0.3 is 0 Å². The molecule has 1 saturated carbocycles. The van der Waals surface area contributed by atoms with E-state index in [1.54, 1.807) is 9.79 Å². The van der Waals surface area contributed by atoms with E-state index in [1.807, 2.05) is 0 Å². The van der Waals surface area contributed by atoms with E-state index in [-0.39, 0.29) is 0 Å². The Morgan fingerprint density at radius 3 is 1.65 bits per heavy atom. The summed E-state index contributed by atoms with van der Waals surface area (Å²) in [5, 5.41) is 0. The van der Waals surface area contributed by atoms with Crippen molar-refractivity contribution in [3.05, 3.63) is 60.7 Å². The van der Waals surface area contributed by atoms with Crippen LogP contribution in [0.2, 0.25) is 0 Å². The predicted octanol–water partition coefficient (Wildman–Crippen LogP) is 5.63. The normalized spacial score (nSPS) is 24.2. The summed E-state index contributed by atoms with van der Waals surface area (Å²) < 4.78 is 0.633. The number of hydrogen-bond donors (Lipinski definition) is 0. The van der Waals surface area contributed by atoms with Crippen molar-refractivity contribution in [3.63, 3.8) is 0 Å². The summed E-state index contributed by atoms with van der Waals surface area (Å²) >= 11 is 0. The molecule has 0 bridgehead atoms. The molecule has 1 heteroatoms. The summed E-state index contributed by atoms with van der Waals surface area (Å²) in [6.45, 7) is 0. The molecule has 2 aromatic carbocycles. The lowest BCUT2D eigenvalue weighted by Crippen LogP contribution is -2.17. The molecule has 1 heterocycles. The molecule has 0 unspecified atom stereocenters. The van der Waals surface area contributed by atoms with Crippen LogP contribution in [0.1, 0.15) is 32.1 Å². The Morgan fingerprint density at radius 2 is 1.15 bits per heavy atom. The lowest BCUT2D eigenvalue weighted by atomic mass is 9.91. The van der Waals surface area contributed by atoms with Gasteiger partial charge >= 0.3 is 0 Å². The second kappa shape index (κ2) is 4.66. The van der Waals surface area contributed by atoms with Gasteiger partial charge in [-0.1, -0.05) is 55.7 Å². The molecule has 104 valence electrons. The maximum Gasteiger partial charge on any atom is 0.0162 e. The topological polar surface area (TPSA) is 0 Å². The Labute approximate surface area is 123 Å². The zero-order valence-corrected chi connectivity index (χ0v) is 12.7. The fourth-order valence-electron chi connectivity index (χ4n) is 4.16.